The van der Waals surface area contributed by atoms with E-state index in [1.807, 2.05) is 0 Å². The predicted octanol–water partition coefficient (Wildman–Crippen LogP) is 1.98. The second-order valence-corrected chi connectivity index (χ2v) is 4.35. The number of benzene rings is 1. The summed E-state index contributed by atoms with van der Waals surface area (Å²) in [5.74, 6) is 0.720. The van der Waals surface area contributed by atoms with E-state index in [0.717, 1.165) is 0 Å². The average Bonchev–Trinajstić information content (AvgIpc) is 2.46. The number of aliphatic hydroxyl groups is 1. The molecule has 0 aliphatic carbocycles. The maximum absolute atomic E-state index is 12.0. The van der Waals surface area contributed by atoms with Crippen LogP contribution in [0.25, 0.3) is 0 Å². The van der Waals surface area contributed by atoms with E-state index in [2.05, 4.69) is 10.3 Å². The van der Waals surface area contributed by atoms with Crippen LogP contribution in [0.5, 0.6) is 11.5 Å². The largest absolute Gasteiger partial charge is 0.455 e. The zero-order chi connectivity index (χ0) is 14.4. The molecule has 104 valence electrons. The van der Waals surface area contributed by atoms with Crippen molar-refractivity contribution < 1.29 is 14.6 Å². The highest BCUT2D eigenvalue weighted by molar-refractivity contribution is 5.97. The van der Waals surface area contributed by atoms with Crippen molar-refractivity contribution in [3.63, 3.8) is 0 Å². The molecule has 0 fully saturated rings. The molecule has 0 aliphatic heterocycles. The lowest BCUT2D eigenvalue weighted by Gasteiger charge is -2.11. The van der Waals surface area contributed by atoms with E-state index in [9.17, 15) is 9.90 Å². The molecule has 1 amide bonds. The van der Waals surface area contributed by atoms with E-state index >= 15 is 0 Å². The summed E-state index contributed by atoms with van der Waals surface area (Å²) in [6, 6.07) is 10.4. The molecule has 1 aromatic heterocycles. The molecule has 0 spiro atoms. The van der Waals surface area contributed by atoms with Crippen LogP contribution in [0.15, 0.2) is 48.8 Å². The maximum atomic E-state index is 12.0. The Hall–Kier alpha value is -2.40. The van der Waals surface area contributed by atoms with Crippen LogP contribution >= 0.6 is 0 Å². The summed E-state index contributed by atoms with van der Waals surface area (Å²) in [6.45, 7) is 1.80. The summed E-state index contributed by atoms with van der Waals surface area (Å²) in [6.07, 6.45) is 2.63. The van der Waals surface area contributed by atoms with Crippen molar-refractivity contribution >= 4 is 5.91 Å². The van der Waals surface area contributed by atoms with Gasteiger partial charge in [-0.15, -0.1) is 0 Å². The Labute approximate surface area is 117 Å². The number of hydrogen-bond donors (Lipinski definition) is 2. The van der Waals surface area contributed by atoms with Crippen molar-refractivity contribution in [3.8, 4) is 11.5 Å². The average molecular weight is 272 g/mol. The summed E-state index contributed by atoms with van der Waals surface area (Å²) in [5.41, 5.74) is 0.414. The van der Waals surface area contributed by atoms with Gasteiger partial charge in [0.1, 0.15) is 11.5 Å². The smallest absolute Gasteiger partial charge is 0.255 e. The van der Waals surface area contributed by atoms with Gasteiger partial charge in [-0.05, 0) is 31.2 Å². The van der Waals surface area contributed by atoms with Crippen molar-refractivity contribution in [1.29, 1.82) is 0 Å². The number of pyridine rings is 1. The number of aromatic nitrogens is 1. The van der Waals surface area contributed by atoms with Gasteiger partial charge in [0, 0.05) is 12.7 Å². The van der Waals surface area contributed by atoms with Crippen LogP contribution in [0.2, 0.25) is 0 Å². The Balaban J connectivity index is 2.16. The molecule has 2 rings (SSSR count). The maximum Gasteiger partial charge on any atom is 0.255 e. The zero-order valence-electron chi connectivity index (χ0n) is 11.1. The highest BCUT2D eigenvalue weighted by Crippen LogP contribution is 2.24. The van der Waals surface area contributed by atoms with Gasteiger partial charge >= 0.3 is 0 Å². The van der Waals surface area contributed by atoms with E-state index in [1.165, 1.54) is 0 Å². The molecule has 0 radical (unpaired) electrons. The molecular formula is C15H16N2O3. The third-order valence-corrected chi connectivity index (χ3v) is 2.55. The number of rotatable bonds is 5. The topological polar surface area (TPSA) is 71.5 Å². The van der Waals surface area contributed by atoms with Crippen LogP contribution < -0.4 is 10.1 Å². The molecule has 0 saturated heterocycles. The molecule has 2 aromatic rings. The van der Waals surface area contributed by atoms with Crippen LogP contribution in [0, 0.1) is 0 Å². The van der Waals surface area contributed by atoms with E-state index in [0.29, 0.717) is 17.1 Å². The summed E-state index contributed by atoms with van der Waals surface area (Å²) in [7, 11) is 0. The minimum absolute atomic E-state index is 0.195. The Morgan fingerprint density at radius 1 is 1.35 bits per heavy atom. The van der Waals surface area contributed by atoms with Gasteiger partial charge in [-0.25, -0.2) is 0 Å². The van der Waals surface area contributed by atoms with E-state index in [4.69, 9.17) is 4.74 Å². The predicted molar refractivity (Wildman–Crippen MR) is 74.8 cm³/mol. The number of amides is 1. The quantitative estimate of drug-likeness (QED) is 0.873. The molecule has 1 aromatic carbocycles. The molecule has 5 heteroatoms. The zero-order valence-corrected chi connectivity index (χ0v) is 11.1. The number of ether oxygens (including phenoxy) is 1. The molecule has 0 saturated carbocycles. The Morgan fingerprint density at radius 2 is 2.15 bits per heavy atom. The van der Waals surface area contributed by atoms with Crippen LogP contribution in [0.3, 0.4) is 0 Å². The summed E-state index contributed by atoms with van der Waals surface area (Å²) in [4.78, 5) is 16.0. The van der Waals surface area contributed by atoms with Crippen LogP contribution in [-0.4, -0.2) is 28.6 Å². The molecule has 5 nitrogen and oxygen atoms in total. The van der Waals surface area contributed by atoms with Gasteiger partial charge in [-0.2, -0.15) is 0 Å². The molecule has 1 atom stereocenters. The van der Waals surface area contributed by atoms with Gasteiger partial charge in [0.15, 0.2) is 0 Å². The number of nitrogens with one attached hydrogen (secondary N) is 1. The molecule has 0 bridgehead atoms. The van der Waals surface area contributed by atoms with Crippen LogP contribution in [-0.2, 0) is 0 Å². The molecule has 1 unspecified atom stereocenters. The first kappa shape index (κ1) is 14.0. The van der Waals surface area contributed by atoms with Crippen LogP contribution in [0.1, 0.15) is 17.3 Å². The number of aliphatic hydroxyl groups excluding tert-OH is 1. The number of carbonyl (C=O) groups excluding carboxylic acids is 1. The number of hydrogen-bond acceptors (Lipinski definition) is 4. The number of nitrogens with zero attached hydrogens (tertiary/aromatic N) is 1. The lowest BCUT2D eigenvalue weighted by molar-refractivity contribution is 0.0921. The summed E-state index contributed by atoms with van der Waals surface area (Å²) < 4.78 is 5.65. The first-order valence-corrected chi connectivity index (χ1v) is 6.30. The van der Waals surface area contributed by atoms with Crippen molar-refractivity contribution in [1.82, 2.24) is 10.3 Å². The Kier molecular flexibility index (Phi) is 4.68. The Bertz CT molecular complexity index is 570. The second kappa shape index (κ2) is 6.68. The standard InChI is InChI=1S/C15H16N2O3/c1-11(18)9-17-15(19)13-6-2-3-7-14(13)20-12-5-4-8-16-10-12/h2-8,10-11,18H,9H2,1H3,(H,17,19). The Morgan fingerprint density at radius 3 is 2.85 bits per heavy atom. The van der Waals surface area contributed by atoms with Gasteiger partial charge in [0.2, 0.25) is 0 Å². The van der Waals surface area contributed by atoms with Gasteiger partial charge in [0.05, 0.1) is 17.9 Å². The fraction of sp³-hybridized carbons (Fsp3) is 0.200. The number of para-hydroxylation sites is 1. The monoisotopic (exact) mass is 272 g/mol. The second-order valence-electron chi connectivity index (χ2n) is 4.35. The van der Waals surface area contributed by atoms with Crippen molar-refractivity contribution in [3.05, 3.63) is 54.4 Å². The molecule has 1 heterocycles. The third kappa shape index (κ3) is 3.80. The highest BCUT2D eigenvalue weighted by atomic mass is 16.5. The van der Waals surface area contributed by atoms with Gasteiger partial charge in [0.25, 0.3) is 5.91 Å². The van der Waals surface area contributed by atoms with Gasteiger partial charge < -0.3 is 15.2 Å². The third-order valence-electron chi connectivity index (χ3n) is 2.55. The van der Waals surface area contributed by atoms with E-state index in [-0.39, 0.29) is 12.5 Å². The van der Waals surface area contributed by atoms with Crippen molar-refractivity contribution in [2.24, 2.45) is 0 Å². The fourth-order valence-corrected chi connectivity index (χ4v) is 1.61. The highest BCUT2D eigenvalue weighted by Gasteiger charge is 2.13. The van der Waals surface area contributed by atoms with Crippen molar-refractivity contribution in [2.75, 3.05) is 6.54 Å². The lowest BCUT2D eigenvalue weighted by atomic mass is 10.2. The minimum atomic E-state index is -0.592. The minimum Gasteiger partial charge on any atom is -0.455 e. The molecule has 0 aliphatic rings. The molecular weight excluding hydrogens is 256 g/mol. The van der Waals surface area contributed by atoms with E-state index in [1.54, 1.807) is 55.7 Å². The summed E-state index contributed by atoms with van der Waals surface area (Å²) in [5, 5.41) is 11.8. The SMILES string of the molecule is CC(O)CNC(=O)c1ccccc1Oc1cccnc1. The van der Waals surface area contributed by atoms with Crippen molar-refractivity contribution in [2.45, 2.75) is 13.0 Å². The lowest BCUT2D eigenvalue weighted by Crippen LogP contribution is -2.30. The first-order valence-electron chi connectivity index (χ1n) is 6.30. The normalized spacial score (nSPS) is 11.7. The molecule has 20 heavy (non-hydrogen) atoms. The van der Waals surface area contributed by atoms with E-state index < -0.39 is 6.10 Å². The van der Waals surface area contributed by atoms with Gasteiger partial charge in [-0.3, -0.25) is 9.78 Å². The van der Waals surface area contributed by atoms with Gasteiger partial charge in [-0.1, -0.05) is 12.1 Å². The first-order chi connectivity index (χ1) is 9.66. The van der Waals surface area contributed by atoms with Crippen LogP contribution in [0.4, 0.5) is 0 Å². The number of carbonyl (C=O) groups is 1. The summed E-state index contributed by atoms with van der Waals surface area (Å²) >= 11 is 0. The fourth-order valence-electron chi connectivity index (χ4n) is 1.61. The molecule has 2 N–H and O–H groups in total.